The number of aromatic nitrogens is 1. The predicted octanol–water partition coefficient (Wildman–Crippen LogP) is 1.88. The van der Waals surface area contributed by atoms with Gasteiger partial charge in [0, 0.05) is 44.3 Å². The number of hydrogen-bond donors (Lipinski definition) is 2. The van der Waals surface area contributed by atoms with Crippen LogP contribution >= 0.6 is 0 Å². The molecule has 29 heavy (non-hydrogen) atoms. The van der Waals surface area contributed by atoms with Crippen molar-refractivity contribution in [2.24, 2.45) is 5.92 Å². The number of amides is 2. The van der Waals surface area contributed by atoms with Crippen LogP contribution in [0, 0.1) is 5.92 Å². The van der Waals surface area contributed by atoms with Gasteiger partial charge >= 0.3 is 6.09 Å². The van der Waals surface area contributed by atoms with E-state index in [2.05, 4.69) is 27.0 Å². The summed E-state index contributed by atoms with van der Waals surface area (Å²) in [4.78, 5) is 34.9. The molecular weight excluding hydrogens is 370 g/mol. The van der Waals surface area contributed by atoms with Crippen LogP contribution in [-0.4, -0.2) is 83.7 Å². The fourth-order valence-corrected chi connectivity index (χ4v) is 4.43. The minimum absolute atomic E-state index is 0.0854. The van der Waals surface area contributed by atoms with Gasteiger partial charge in [0.1, 0.15) is 6.04 Å². The summed E-state index contributed by atoms with van der Waals surface area (Å²) in [7, 11) is 0. The fourth-order valence-electron chi connectivity index (χ4n) is 4.43. The number of pyridine rings is 1. The first-order valence-corrected chi connectivity index (χ1v) is 10.7. The highest BCUT2D eigenvalue weighted by molar-refractivity contribution is 5.85. The Labute approximate surface area is 172 Å². The van der Waals surface area contributed by atoms with Crippen molar-refractivity contribution in [3.05, 3.63) is 24.5 Å². The molecule has 0 spiro atoms. The molecule has 2 fully saturated rings. The average Bonchev–Trinajstić information content (AvgIpc) is 2.75. The topological polar surface area (TPSA) is 89.0 Å². The summed E-state index contributed by atoms with van der Waals surface area (Å²) in [5.74, 6) is 0.305. The molecule has 160 valence electrons. The van der Waals surface area contributed by atoms with Crippen molar-refractivity contribution in [1.82, 2.24) is 20.1 Å². The predicted molar refractivity (Wildman–Crippen MR) is 112 cm³/mol. The summed E-state index contributed by atoms with van der Waals surface area (Å²) in [6, 6.07) is 3.29. The Morgan fingerprint density at radius 2 is 1.79 bits per heavy atom. The molecule has 0 bridgehead atoms. The van der Waals surface area contributed by atoms with Gasteiger partial charge in [-0.05, 0) is 63.4 Å². The van der Waals surface area contributed by atoms with Crippen LogP contribution in [0.15, 0.2) is 24.5 Å². The summed E-state index contributed by atoms with van der Waals surface area (Å²) in [6.45, 7) is 8.07. The van der Waals surface area contributed by atoms with E-state index in [1.807, 2.05) is 17.0 Å². The second-order valence-electron chi connectivity index (χ2n) is 8.04. The van der Waals surface area contributed by atoms with Gasteiger partial charge in [0.2, 0.25) is 5.91 Å². The number of nitrogens with zero attached hydrogens (tertiary/aromatic N) is 4. The fraction of sp³-hybridized carbons (Fsp3) is 0.667. The van der Waals surface area contributed by atoms with Crippen LogP contribution in [0.2, 0.25) is 0 Å². The van der Waals surface area contributed by atoms with Gasteiger partial charge < -0.3 is 25.1 Å². The highest BCUT2D eigenvalue weighted by atomic mass is 16.4. The Hall–Kier alpha value is -2.35. The average molecular weight is 404 g/mol. The number of rotatable bonds is 7. The number of anilines is 1. The van der Waals surface area contributed by atoms with Crippen molar-refractivity contribution in [3.63, 3.8) is 0 Å². The van der Waals surface area contributed by atoms with E-state index < -0.39 is 12.1 Å². The lowest BCUT2D eigenvalue weighted by atomic mass is 9.89. The largest absolute Gasteiger partial charge is 0.465 e. The summed E-state index contributed by atoms with van der Waals surface area (Å²) in [5.41, 5.74) is 1.10. The van der Waals surface area contributed by atoms with Gasteiger partial charge in [-0.25, -0.2) is 4.79 Å². The van der Waals surface area contributed by atoms with E-state index in [0.29, 0.717) is 25.4 Å². The Bertz CT molecular complexity index is 656. The van der Waals surface area contributed by atoms with Crippen LogP contribution in [0.4, 0.5) is 10.5 Å². The molecule has 1 atom stereocenters. The van der Waals surface area contributed by atoms with Crippen LogP contribution in [0.1, 0.15) is 32.6 Å². The monoisotopic (exact) mass is 403 g/mol. The van der Waals surface area contributed by atoms with E-state index in [9.17, 15) is 14.7 Å². The van der Waals surface area contributed by atoms with Crippen LogP contribution in [0.5, 0.6) is 0 Å². The minimum Gasteiger partial charge on any atom is -0.465 e. The normalized spacial score (nSPS) is 19.8. The van der Waals surface area contributed by atoms with Gasteiger partial charge in [-0.1, -0.05) is 6.92 Å². The third-order valence-corrected chi connectivity index (χ3v) is 6.03. The first-order chi connectivity index (χ1) is 14.1. The summed E-state index contributed by atoms with van der Waals surface area (Å²) < 4.78 is 0. The van der Waals surface area contributed by atoms with Gasteiger partial charge in [-0.2, -0.15) is 0 Å². The number of piperazine rings is 1. The van der Waals surface area contributed by atoms with Gasteiger partial charge in [-0.3, -0.25) is 9.78 Å². The van der Waals surface area contributed by atoms with E-state index in [1.54, 1.807) is 12.4 Å². The van der Waals surface area contributed by atoms with E-state index in [0.717, 1.165) is 57.7 Å². The molecule has 2 amide bonds. The molecule has 2 aliphatic rings. The smallest absolute Gasteiger partial charge is 0.405 e. The van der Waals surface area contributed by atoms with Crippen LogP contribution in [0.3, 0.4) is 0 Å². The molecular formula is C21H33N5O3. The lowest BCUT2D eigenvalue weighted by Crippen LogP contribution is -2.55. The van der Waals surface area contributed by atoms with Gasteiger partial charge in [0.05, 0.1) is 0 Å². The Morgan fingerprint density at radius 1 is 1.14 bits per heavy atom. The maximum atomic E-state index is 13.1. The molecule has 2 N–H and O–H groups in total. The van der Waals surface area contributed by atoms with Crippen molar-refractivity contribution >= 4 is 17.7 Å². The SMILES string of the molecule is CCCN1CCC(CC(NC(=O)O)C(=O)N2CCN(c3ccncc3)CC2)CC1. The molecule has 0 saturated carbocycles. The molecule has 0 radical (unpaired) electrons. The summed E-state index contributed by atoms with van der Waals surface area (Å²) >= 11 is 0. The highest BCUT2D eigenvalue weighted by Crippen LogP contribution is 2.23. The second kappa shape index (κ2) is 10.4. The third kappa shape index (κ3) is 6.06. The number of hydrogen-bond acceptors (Lipinski definition) is 5. The summed E-state index contributed by atoms with van der Waals surface area (Å²) in [5, 5.41) is 11.8. The number of likely N-dealkylation sites (tertiary alicyclic amines) is 1. The molecule has 2 saturated heterocycles. The number of piperidine rings is 1. The van der Waals surface area contributed by atoms with E-state index in [1.165, 1.54) is 0 Å². The Balaban J connectivity index is 1.53. The number of carbonyl (C=O) groups excluding carboxylic acids is 1. The molecule has 3 heterocycles. The summed E-state index contributed by atoms with van der Waals surface area (Å²) in [6.07, 6.45) is 6.22. The molecule has 2 aliphatic heterocycles. The molecule has 3 rings (SSSR count). The Morgan fingerprint density at radius 3 is 2.38 bits per heavy atom. The van der Waals surface area contributed by atoms with Gasteiger partial charge in [0.25, 0.3) is 0 Å². The first kappa shape index (κ1) is 21.4. The molecule has 1 aromatic heterocycles. The third-order valence-electron chi connectivity index (χ3n) is 6.03. The number of nitrogens with one attached hydrogen (secondary N) is 1. The minimum atomic E-state index is -1.12. The number of carbonyl (C=O) groups is 2. The van der Waals surface area contributed by atoms with Crippen LogP contribution in [-0.2, 0) is 4.79 Å². The molecule has 8 heteroatoms. The zero-order chi connectivity index (χ0) is 20.6. The molecule has 8 nitrogen and oxygen atoms in total. The van der Waals surface area contributed by atoms with Crippen molar-refractivity contribution in [2.75, 3.05) is 50.7 Å². The van der Waals surface area contributed by atoms with Crippen molar-refractivity contribution in [1.29, 1.82) is 0 Å². The molecule has 0 aromatic carbocycles. The zero-order valence-corrected chi connectivity index (χ0v) is 17.3. The highest BCUT2D eigenvalue weighted by Gasteiger charge is 2.31. The van der Waals surface area contributed by atoms with E-state index in [4.69, 9.17) is 0 Å². The maximum absolute atomic E-state index is 13.1. The lowest BCUT2D eigenvalue weighted by Gasteiger charge is -2.38. The Kier molecular flexibility index (Phi) is 7.69. The molecule has 1 aromatic rings. The lowest BCUT2D eigenvalue weighted by molar-refractivity contribution is -0.134. The van der Waals surface area contributed by atoms with Gasteiger partial charge in [-0.15, -0.1) is 0 Å². The first-order valence-electron chi connectivity index (χ1n) is 10.7. The second-order valence-corrected chi connectivity index (χ2v) is 8.04. The standard InChI is InChI=1S/C21H33N5O3/c1-2-9-24-10-5-17(6-11-24)16-19(23-21(28)29)20(27)26-14-12-25(13-15-26)18-3-7-22-8-4-18/h3-4,7-8,17,19,23H,2,5-6,9-16H2,1H3,(H,28,29). The van der Waals surface area contributed by atoms with Crippen LogP contribution in [0.25, 0.3) is 0 Å². The van der Waals surface area contributed by atoms with Crippen LogP contribution < -0.4 is 10.2 Å². The van der Waals surface area contributed by atoms with E-state index >= 15 is 0 Å². The van der Waals surface area contributed by atoms with Gasteiger partial charge in [0.15, 0.2) is 0 Å². The van der Waals surface area contributed by atoms with Crippen molar-refractivity contribution in [2.45, 2.75) is 38.6 Å². The number of carboxylic acid groups (broad SMARTS) is 1. The van der Waals surface area contributed by atoms with E-state index in [-0.39, 0.29) is 5.91 Å². The molecule has 1 unspecified atom stereocenters. The van der Waals surface area contributed by atoms with Crippen molar-refractivity contribution < 1.29 is 14.7 Å². The zero-order valence-electron chi connectivity index (χ0n) is 17.3. The van der Waals surface area contributed by atoms with Crippen molar-refractivity contribution in [3.8, 4) is 0 Å². The molecule has 0 aliphatic carbocycles. The quantitative estimate of drug-likeness (QED) is 0.723. The maximum Gasteiger partial charge on any atom is 0.405 e.